The lowest BCUT2D eigenvalue weighted by molar-refractivity contribution is -0.152. The number of hydrogen-bond acceptors (Lipinski definition) is 4. The fourth-order valence-corrected chi connectivity index (χ4v) is 3.38. The Morgan fingerprint density at radius 3 is 2.62 bits per heavy atom. The van der Waals surface area contributed by atoms with Gasteiger partial charge < -0.3 is 10.6 Å². The Kier molecular flexibility index (Phi) is 4.85. The molecule has 24 heavy (non-hydrogen) atoms. The van der Waals surface area contributed by atoms with Gasteiger partial charge in [-0.25, -0.2) is 0 Å². The van der Waals surface area contributed by atoms with E-state index in [0.29, 0.717) is 0 Å². The summed E-state index contributed by atoms with van der Waals surface area (Å²) in [5.41, 5.74) is 7.57. The van der Waals surface area contributed by atoms with E-state index in [4.69, 9.17) is 10.6 Å². The molecular weight excluding hydrogens is 321 g/mol. The van der Waals surface area contributed by atoms with Gasteiger partial charge >= 0.3 is 6.18 Å². The second-order valence-corrected chi connectivity index (χ2v) is 6.87. The van der Waals surface area contributed by atoms with E-state index < -0.39 is 18.0 Å². The monoisotopic (exact) mass is 344 g/mol. The molecule has 0 bridgehead atoms. The highest BCUT2D eigenvalue weighted by Gasteiger charge is 2.56. The van der Waals surface area contributed by atoms with Crippen molar-refractivity contribution in [3.05, 3.63) is 18.0 Å². The van der Waals surface area contributed by atoms with Gasteiger partial charge in [0.25, 0.3) is 0 Å². The van der Waals surface area contributed by atoms with Crippen molar-refractivity contribution in [3.63, 3.8) is 0 Å². The minimum absolute atomic E-state index is 0.0117. The third-order valence-electron chi connectivity index (χ3n) is 5.04. The Balaban J connectivity index is 1.65. The second-order valence-electron chi connectivity index (χ2n) is 6.87. The maximum Gasteiger partial charge on any atom is 0.392 e. The summed E-state index contributed by atoms with van der Waals surface area (Å²) in [6.07, 6.45) is 1.34. The lowest BCUT2D eigenvalue weighted by Gasteiger charge is -2.26. The van der Waals surface area contributed by atoms with E-state index >= 15 is 0 Å². The minimum atomic E-state index is -4.12. The molecule has 0 radical (unpaired) electrons. The lowest BCUT2D eigenvalue weighted by Crippen LogP contribution is -2.31. The molecule has 0 amide bonds. The first-order chi connectivity index (χ1) is 11.4. The van der Waals surface area contributed by atoms with Crippen LogP contribution in [-0.2, 0) is 11.9 Å². The SMILES string of the molecule is Cn1nccc1/C(=N\OCC1CC1C(F)(F)F)[C@H]1CC[C@H](N)CC1. The molecule has 8 heteroatoms. The maximum atomic E-state index is 12.6. The van der Waals surface area contributed by atoms with Crippen LogP contribution in [-0.4, -0.2) is 34.3 Å². The number of hydrogen-bond donors (Lipinski definition) is 1. The zero-order chi connectivity index (χ0) is 17.3. The summed E-state index contributed by atoms with van der Waals surface area (Å²) in [5.74, 6) is -1.50. The average molecular weight is 344 g/mol. The Morgan fingerprint density at radius 1 is 1.38 bits per heavy atom. The van der Waals surface area contributed by atoms with Crippen LogP contribution in [0.4, 0.5) is 13.2 Å². The topological polar surface area (TPSA) is 65.4 Å². The highest BCUT2D eigenvalue weighted by Crippen LogP contribution is 2.50. The number of aromatic nitrogens is 2. The van der Waals surface area contributed by atoms with Crippen molar-refractivity contribution in [2.24, 2.45) is 35.7 Å². The van der Waals surface area contributed by atoms with Crippen LogP contribution in [0.1, 0.15) is 37.8 Å². The van der Waals surface area contributed by atoms with E-state index in [2.05, 4.69) is 10.3 Å². The summed E-state index contributed by atoms with van der Waals surface area (Å²) in [6.45, 7) is 0.0117. The van der Waals surface area contributed by atoms with Crippen LogP contribution >= 0.6 is 0 Å². The van der Waals surface area contributed by atoms with Crippen molar-refractivity contribution in [1.82, 2.24) is 9.78 Å². The molecule has 2 aliphatic carbocycles. The fraction of sp³-hybridized carbons (Fsp3) is 0.750. The second kappa shape index (κ2) is 6.74. The summed E-state index contributed by atoms with van der Waals surface area (Å²) in [7, 11) is 1.82. The van der Waals surface area contributed by atoms with Gasteiger partial charge in [0, 0.05) is 31.1 Å². The third-order valence-corrected chi connectivity index (χ3v) is 5.04. The van der Waals surface area contributed by atoms with Crippen molar-refractivity contribution < 1.29 is 18.0 Å². The fourth-order valence-electron chi connectivity index (χ4n) is 3.38. The van der Waals surface area contributed by atoms with Gasteiger partial charge in [-0.2, -0.15) is 18.3 Å². The predicted molar refractivity (Wildman–Crippen MR) is 83.3 cm³/mol. The molecule has 0 aliphatic heterocycles. The largest absolute Gasteiger partial charge is 0.395 e. The van der Waals surface area contributed by atoms with Crippen LogP contribution in [0.25, 0.3) is 0 Å². The highest BCUT2D eigenvalue weighted by molar-refractivity contribution is 6.00. The van der Waals surface area contributed by atoms with Crippen LogP contribution in [0, 0.1) is 17.8 Å². The average Bonchev–Trinajstić information content (AvgIpc) is 3.19. The molecule has 2 saturated carbocycles. The number of halogens is 3. The van der Waals surface area contributed by atoms with Gasteiger partial charge in [0.1, 0.15) is 12.3 Å². The van der Waals surface area contributed by atoms with Gasteiger partial charge in [0.05, 0.1) is 11.6 Å². The van der Waals surface area contributed by atoms with Crippen molar-refractivity contribution >= 4 is 5.71 Å². The molecule has 0 saturated heterocycles. The number of aryl methyl sites for hydroxylation is 1. The molecule has 2 aliphatic rings. The first-order valence-corrected chi connectivity index (χ1v) is 8.36. The molecule has 0 aromatic carbocycles. The Morgan fingerprint density at radius 2 is 2.08 bits per heavy atom. The van der Waals surface area contributed by atoms with E-state index in [-0.39, 0.29) is 25.0 Å². The van der Waals surface area contributed by atoms with Crippen LogP contribution in [0.5, 0.6) is 0 Å². The number of rotatable bonds is 5. The predicted octanol–water partition coefficient (Wildman–Crippen LogP) is 2.86. The van der Waals surface area contributed by atoms with Crippen molar-refractivity contribution in [2.75, 3.05) is 6.61 Å². The summed E-state index contributed by atoms with van der Waals surface area (Å²) in [5, 5.41) is 8.37. The van der Waals surface area contributed by atoms with Gasteiger partial charge in [-0.05, 0) is 38.2 Å². The van der Waals surface area contributed by atoms with Crippen LogP contribution < -0.4 is 5.73 Å². The van der Waals surface area contributed by atoms with Crippen molar-refractivity contribution in [2.45, 2.75) is 44.3 Å². The van der Waals surface area contributed by atoms with Crippen LogP contribution in [0.2, 0.25) is 0 Å². The van der Waals surface area contributed by atoms with Gasteiger partial charge in [-0.1, -0.05) is 5.16 Å². The molecule has 2 atom stereocenters. The molecule has 2 fully saturated rings. The lowest BCUT2D eigenvalue weighted by atomic mass is 9.82. The minimum Gasteiger partial charge on any atom is -0.395 e. The Bertz CT molecular complexity index is 590. The number of oxime groups is 1. The Labute approximate surface area is 139 Å². The molecule has 1 heterocycles. The molecule has 1 aromatic rings. The maximum absolute atomic E-state index is 12.6. The molecule has 3 rings (SSSR count). The highest BCUT2D eigenvalue weighted by atomic mass is 19.4. The first kappa shape index (κ1) is 17.3. The van der Waals surface area contributed by atoms with E-state index in [1.54, 1.807) is 10.9 Å². The van der Waals surface area contributed by atoms with Gasteiger partial charge in [-0.3, -0.25) is 4.68 Å². The van der Waals surface area contributed by atoms with Crippen molar-refractivity contribution in [1.29, 1.82) is 0 Å². The standard InChI is InChI=1S/C16H23F3N4O/c1-23-14(6-7-21-23)15(10-2-4-12(20)5-3-10)22-24-9-11-8-13(11)16(17,18)19/h6-7,10-13H,2-5,8-9,20H2,1H3/b22-15-/t10-,11?,12-,13?. The zero-order valence-corrected chi connectivity index (χ0v) is 13.7. The van der Waals surface area contributed by atoms with Crippen LogP contribution in [0.3, 0.4) is 0 Å². The summed E-state index contributed by atoms with van der Waals surface area (Å²) in [4.78, 5) is 5.32. The van der Waals surface area contributed by atoms with Gasteiger partial charge in [0.15, 0.2) is 0 Å². The van der Waals surface area contributed by atoms with Gasteiger partial charge in [0.2, 0.25) is 0 Å². The number of alkyl halides is 3. The van der Waals surface area contributed by atoms with E-state index in [0.717, 1.165) is 37.1 Å². The normalized spacial score (nSPS) is 31.1. The molecule has 1 aromatic heterocycles. The molecule has 2 unspecified atom stereocenters. The van der Waals surface area contributed by atoms with Crippen molar-refractivity contribution in [3.8, 4) is 0 Å². The molecular formula is C16H23F3N4O. The summed E-state index contributed by atoms with van der Waals surface area (Å²) >= 11 is 0. The van der Waals surface area contributed by atoms with E-state index in [1.807, 2.05) is 13.1 Å². The molecule has 134 valence electrons. The zero-order valence-electron chi connectivity index (χ0n) is 13.7. The first-order valence-electron chi connectivity index (χ1n) is 8.36. The molecule has 5 nitrogen and oxygen atoms in total. The van der Waals surface area contributed by atoms with E-state index in [1.165, 1.54) is 0 Å². The van der Waals surface area contributed by atoms with Crippen LogP contribution in [0.15, 0.2) is 17.4 Å². The third kappa shape index (κ3) is 3.91. The smallest absolute Gasteiger partial charge is 0.392 e. The quantitative estimate of drug-likeness (QED) is 0.660. The summed E-state index contributed by atoms with van der Waals surface area (Å²) in [6, 6.07) is 2.07. The molecule has 2 N–H and O–H groups in total. The number of nitrogens with zero attached hydrogens (tertiary/aromatic N) is 3. The summed E-state index contributed by atoms with van der Waals surface area (Å²) < 4.78 is 39.4. The van der Waals surface area contributed by atoms with Gasteiger partial charge in [-0.15, -0.1) is 0 Å². The van der Waals surface area contributed by atoms with E-state index in [9.17, 15) is 13.2 Å². The number of nitrogens with two attached hydrogens (primary N) is 1. The molecule has 0 spiro atoms. The Hall–Kier alpha value is -1.57.